The third-order valence-corrected chi connectivity index (χ3v) is 5.15. The highest BCUT2D eigenvalue weighted by Gasteiger charge is 2.12. The van der Waals surface area contributed by atoms with Crippen LogP contribution in [0, 0.1) is 0 Å². The first-order valence-electron chi connectivity index (χ1n) is 7.32. The van der Waals surface area contributed by atoms with Gasteiger partial charge in [0.05, 0.1) is 22.1 Å². The maximum absolute atomic E-state index is 12.1. The van der Waals surface area contributed by atoms with Crippen molar-refractivity contribution in [2.45, 2.75) is 24.8 Å². The van der Waals surface area contributed by atoms with Crippen LogP contribution in [-0.4, -0.2) is 37.8 Å². The summed E-state index contributed by atoms with van der Waals surface area (Å²) in [5.41, 5.74) is 1.32. The van der Waals surface area contributed by atoms with Gasteiger partial charge in [0.15, 0.2) is 0 Å². The van der Waals surface area contributed by atoms with E-state index in [4.69, 9.17) is 5.14 Å². The summed E-state index contributed by atoms with van der Waals surface area (Å²) in [4.78, 5) is 18.3. The van der Waals surface area contributed by atoms with E-state index in [-0.39, 0.29) is 17.3 Å². The molecule has 0 atom stereocenters. The van der Waals surface area contributed by atoms with Crippen molar-refractivity contribution >= 4 is 33.0 Å². The second-order valence-electron chi connectivity index (χ2n) is 5.38. The van der Waals surface area contributed by atoms with Gasteiger partial charge in [0, 0.05) is 17.6 Å². The van der Waals surface area contributed by atoms with Gasteiger partial charge in [-0.2, -0.15) is 0 Å². The molecule has 0 fully saturated rings. The summed E-state index contributed by atoms with van der Waals surface area (Å²) in [5, 5.41) is 10.8. The van der Waals surface area contributed by atoms with E-state index in [0.717, 1.165) is 17.1 Å². The summed E-state index contributed by atoms with van der Waals surface area (Å²) in [7, 11) is -1.97. The molecule has 1 amide bonds. The Balaban J connectivity index is 1.93. The molecule has 7 nitrogen and oxygen atoms in total. The predicted molar refractivity (Wildman–Crippen MR) is 94.3 cm³/mol. The largest absolute Gasteiger partial charge is 0.325 e. The number of nitrogens with one attached hydrogen (secondary N) is 1. The standard InChI is InChI=1S/C15H20N4O3S2/c1-3-15-18-12(10-23-15)8-19(2)9-14(20)17-11-5-4-6-13(7-11)24(16,21)22/h4-7,10H,3,8-9H2,1-2H3,(H,17,20)(H2,16,21,22). The molecule has 0 aliphatic carbocycles. The van der Waals surface area contributed by atoms with Crippen LogP contribution in [0.1, 0.15) is 17.6 Å². The van der Waals surface area contributed by atoms with E-state index in [1.165, 1.54) is 18.2 Å². The highest BCUT2D eigenvalue weighted by atomic mass is 32.2. The molecule has 2 aromatic rings. The number of thiazole rings is 1. The van der Waals surface area contributed by atoms with Crippen LogP contribution >= 0.6 is 11.3 Å². The molecule has 0 radical (unpaired) electrons. The molecule has 3 N–H and O–H groups in total. The summed E-state index contributed by atoms with van der Waals surface area (Å²) in [5.74, 6) is -0.241. The zero-order valence-electron chi connectivity index (χ0n) is 13.5. The van der Waals surface area contributed by atoms with Gasteiger partial charge in [0.2, 0.25) is 15.9 Å². The number of hydrogen-bond donors (Lipinski definition) is 2. The van der Waals surface area contributed by atoms with Gasteiger partial charge in [-0.1, -0.05) is 13.0 Å². The number of nitrogens with two attached hydrogens (primary N) is 1. The molecule has 1 aromatic carbocycles. The van der Waals surface area contributed by atoms with Gasteiger partial charge in [0.25, 0.3) is 0 Å². The van der Waals surface area contributed by atoms with E-state index in [2.05, 4.69) is 17.2 Å². The molecule has 1 heterocycles. The summed E-state index contributed by atoms with van der Waals surface area (Å²) in [6, 6.07) is 5.85. The van der Waals surface area contributed by atoms with E-state index < -0.39 is 10.0 Å². The lowest BCUT2D eigenvalue weighted by Gasteiger charge is -2.15. The molecule has 0 saturated heterocycles. The normalized spacial score (nSPS) is 11.7. The Morgan fingerprint density at radius 1 is 1.42 bits per heavy atom. The van der Waals surface area contributed by atoms with Crippen LogP contribution in [0.2, 0.25) is 0 Å². The molecule has 0 unspecified atom stereocenters. The van der Waals surface area contributed by atoms with Gasteiger partial charge in [-0.3, -0.25) is 9.69 Å². The first-order chi connectivity index (χ1) is 11.3. The number of rotatable bonds is 7. The summed E-state index contributed by atoms with van der Waals surface area (Å²) in [6.45, 7) is 2.79. The average molecular weight is 368 g/mol. The Kier molecular flexibility index (Phi) is 6.05. The Labute approximate surface area is 145 Å². The molecule has 2 rings (SSSR count). The monoisotopic (exact) mass is 368 g/mol. The minimum absolute atomic E-state index is 0.0387. The van der Waals surface area contributed by atoms with Crippen molar-refractivity contribution in [2.75, 3.05) is 18.9 Å². The van der Waals surface area contributed by atoms with Crippen molar-refractivity contribution < 1.29 is 13.2 Å². The topological polar surface area (TPSA) is 105 Å². The fraction of sp³-hybridized carbons (Fsp3) is 0.333. The Bertz CT molecular complexity index is 818. The Morgan fingerprint density at radius 3 is 2.79 bits per heavy atom. The van der Waals surface area contributed by atoms with Crippen LogP contribution < -0.4 is 10.5 Å². The number of primary sulfonamides is 1. The van der Waals surface area contributed by atoms with Crippen molar-refractivity contribution in [1.82, 2.24) is 9.88 Å². The van der Waals surface area contributed by atoms with Gasteiger partial charge < -0.3 is 5.32 Å². The number of sulfonamides is 1. The molecule has 9 heteroatoms. The molecule has 130 valence electrons. The number of amides is 1. The number of likely N-dealkylation sites (N-methyl/N-ethyl adjacent to an activating group) is 1. The van der Waals surface area contributed by atoms with Crippen molar-refractivity contribution in [2.24, 2.45) is 5.14 Å². The van der Waals surface area contributed by atoms with Crippen LogP contribution in [0.15, 0.2) is 34.5 Å². The van der Waals surface area contributed by atoms with Crippen LogP contribution in [0.3, 0.4) is 0 Å². The zero-order valence-corrected chi connectivity index (χ0v) is 15.2. The average Bonchev–Trinajstić information content (AvgIpc) is 2.93. The Hall–Kier alpha value is -1.81. The molecule has 0 spiro atoms. The second kappa shape index (κ2) is 7.84. The van der Waals surface area contributed by atoms with Crippen molar-refractivity contribution in [3.63, 3.8) is 0 Å². The van der Waals surface area contributed by atoms with Crippen molar-refractivity contribution in [3.8, 4) is 0 Å². The number of nitrogens with zero attached hydrogens (tertiary/aromatic N) is 2. The van der Waals surface area contributed by atoms with E-state index in [9.17, 15) is 13.2 Å². The van der Waals surface area contributed by atoms with Gasteiger partial charge >= 0.3 is 0 Å². The fourth-order valence-corrected chi connectivity index (χ4v) is 3.41. The fourth-order valence-electron chi connectivity index (χ4n) is 2.11. The zero-order chi connectivity index (χ0) is 17.7. The lowest BCUT2D eigenvalue weighted by atomic mass is 10.3. The lowest BCUT2D eigenvalue weighted by Crippen LogP contribution is -2.30. The number of anilines is 1. The molecule has 24 heavy (non-hydrogen) atoms. The van der Waals surface area contributed by atoms with Gasteiger partial charge in [0.1, 0.15) is 0 Å². The SMILES string of the molecule is CCc1nc(CN(C)CC(=O)Nc2cccc(S(N)(=O)=O)c2)cs1. The molecule has 0 bridgehead atoms. The lowest BCUT2D eigenvalue weighted by molar-refractivity contribution is -0.117. The minimum atomic E-state index is -3.79. The van der Waals surface area contributed by atoms with E-state index in [0.29, 0.717) is 12.2 Å². The summed E-state index contributed by atoms with van der Waals surface area (Å²) < 4.78 is 22.7. The maximum Gasteiger partial charge on any atom is 0.238 e. The molecule has 0 saturated carbocycles. The number of hydrogen-bond acceptors (Lipinski definition) is 6. The predicted octanol–water partition coefficient (Wildman–Crippen LogP) is 1.42. The van der Waals surface area contributed by atoms with Crippen LogP contribution in [0.25, 0.3) is 0 Å². The quantitative estimate of drug-likeness (QED) is 0.769. The number of aromatic nitrogens is 1. The smallest absolute Gasteiger partial charge is 0.238 e. The third kappa shape index (κ3) is 5.38. The van der Waals surface area contributed by atoms with Gasteiger partial charge in [-0.25, -0.2) is 18.5 Å². The van der Waals surface area contributed by atoms with Gasteiger partial charge in [-0.05, 0) is 31.7 Å². The number of carbonyl (C=O) groups excluding carboxylic acids is 1. The molecule has 1 aromatic heterocycles. The number of aryl methyl sites for hydroxylation is 1. The highest BCUT2D eigenvalue weighted by Crippen LogP contribution is 2.14. The van der Waals surface area contributed by atoms with Gasteiger partial charge in [-0.15, -0.1) is 11.3 Å². The Morgan fingerprint density at radius 2 is 2.17 bits per heavy atom. The van der Waals surface area contributed by atoms with Crippen LogP contribution in [-0.2, 0) is 27.8 Å². The van der Waals surface area contributed by atoms with Crippen LogP contribution in [0.4, 0.5) is 5.69 Å². The maximum atomic E-state index is 12.1. The summed E-state index contributed by atoms with van der Waals surface area (Å²) in [6.07, 6.45) is 0.898. The van der Waals surface area contributed by atoms with Crippen LogP contribution in [0.5, 0.6) is 0 Å². The van der Waals surface area contributed by atoms with E-state index in [1.807, 2.05) is 17.3 Å². The molecule has 0 aliphatic heterocycles. The van der Waals surface area contributed by atoms with Crippen molar-refractivity contribution in [1.29, 1.82) is 0 Å². The van der Waals surface area contributed by atoms with E-state index in [1.54, 1.807) is 17.4 Å². The molecular formula is C15H20N4O3S2. The first kappa shape index (κ1) is 18.5. The first-order valence-corrected chi connectivity index (χ1v) is 9.75. The highest BCUT2D eigenvalue weighted by molar-refractivity contribution is 7.89. The second-order valence-corrected chi connectivity index (χ2v) is 7.88. The third-order valence-electron chi connectivity index (χ3n) is 3.19. The number of carbonyl (C=O) groups is 1. The number of benzene rings is 1. The van der Waals surface area contributed by atoms with Crippen molar-refractivity contribution in [3.05, 3.63) is 40.3 Å². The van der Waals surface area contributed by atoms with E-state index >= 15 is 0 Å². The summed E-state index contributed by atoms with van der Waals surface area (Å²) >= 11 is 1.61. The molecular weight excluding hydrogens is 348 g/mol. The molecule has 0 aliphatic rings. The minimum Gasteiger partial charge on any atom is -0.325 e.